The Labute approximate surface area is 157 Å². The monoisotopic (exact) mass is 369 g/mol. The Morgan fingerprint density at radius 2 is 1.89 bits per heavy atom. The third kappa shape index (κ3) is 3.88. The highest BCUT2D eigenvalue weighted by atomic mass is 16.5. The fourth-order valence-corrected chi connectivity index (χ4v) is 3.27. The molecule has 142 valence electrons. The molecule has 0 saturated carbocycles. The van der Waals surface area contributed by atoms with E-state index in [-0.39, 0.29) is 18.5 Å². The molecule has 0 spiro atoms. The number of nitrogens with two attached hydrogens (primary N) is 1. The SMILES string of the molecule is COC(=O)c1c2ccccc2n2cc(OC(CC(N)=O)CN(C)C)ccc12. The third-order valence-corrected chi connectivity index (χ3v) is 4.30. The van der Waals surface area contributed by atoms with E-state index in [0.29, 0.717) is 17.9 Å². The number of pyridine rings is 1. The first kappa shape index (κ1) is 18.7. The van der Waals surface area contributed by atoms with Crippen LogP contribution in [0.25, 0.3) is 16.4 Å². The minimum Gasteiger partial charge on any atom is -0.487 e. The number of methoxy groups -OCH3 is 1. The number of primary amides is 1. The molecule has 3 rings (SSSR count). The summed E-state index contributed by atoms with van der Waals surface area (Å²) in [6.07, 6.45) is 1.57. The second-order valence-electron chi connectivity index (χ2n) is 6.68. The average molecular weight is 369 g/mol. The largest absolute Gasteiger partial charge is 0.487 e. The molecule has 1 atom stereocenters. The Morgan fingerprint density at radius 1 is 1.15 bits per heavy atom. The van der Waals surface area contributed by atoms with Gasteiger partial charge >= 0.3 is 5.97 Å². The zero-order chi connectivity index (χ0) is 19.6. The standard InChI is InChI=1S/C20H23N3O4/c1-22(2)11-14(10-18(21)24)27-13-8-9-17-19(20(25)26-3)15-6-4-5-7-16(15)23(17)12-13/h4-9,12,14H,10-11H2,1-3H3,(H2,21,24). The normalized spacial score (nSPS) is 12.4. The van der Waals surface area contributed by atoms with E-state index in [2.05, 4.69) is 0 Å². The predicted molar refractivity (Wildman–Crippen MR) is 103 cm³/mol. The van der Waals surface area contributed by atoms with Crippen LogP contribution in [0.4, 0.5) is 0 Å². The van der Waals surface area contributed by atoms with Gasteiger partial charge in [0.15, 0.2) is 0 Å². The second kappa shape index (κ2) is 7.67. The van der Waals surface area contributed by atoms with Gasteiger partial charge in [-0.25, -0.2) is 4.79 Å². The number of nitrogens with zero attached hydrogens (tertiary/aromatic N) is 2. The van der Waals surface area contributed by atoms with Crippen molar-refractivity contribution in [2.75, 3.05) is 27.7 Å². The first-order valence-corrected chi connectivity index (χ1v) is 8.61. The van der Waals surface area contributed by atoms with E-state index in [1.165, 1.54) is 7.11 Å². The van der Waals surface area contributed by atoms with Crippen LogP contribution >= 0.6 is 0 Å². The lowest BCUT2D eigenvalue weighted by Gasteiger charge is -2.21. The molecule has 0 aliphatic heterocycles. The van der Waals surface area contributed by atoms with Crippen molar-refractivity contribution in [3.8, 4) is 5.75 Å². The van der Waals surface area contributed by atoms with Crippen molar-refractivity contribution >= 4 is 28.3 Å². The maximum atomic E-state index is 12.3. The van der Waals surface area contributed by atoms with Gasteiger partial charge in [-0.05, 0) is 32.3 Å². The van der Waals surface area contributed by atoms with Crippen molar-refractivity contribution in [1.29, 1.82) is 0 Å². The lowest BCUT2D eigenvalue weighted by Crippen LogP contribution is -2.34. The van der Waals surface area contributed by atoms with E-state index in [0.717, 1.165) is 16.4 Å². The van der Waals surface area contributed by atoms with Crippen molar-refractivity contribution in [3.05, 3.63) is 48.2 Å². The van der Waals surface area contributed by atoms with E-state index >= 15 is 0 Å². The molecule has 7 nitrogen and oxygen atoms in total. The summed E-state index contributed by atoms with van der Waals surface area (Å²) in [5.41, 5.74) is 7.46. The fraction of sp³-hybridized carbons (Fsp3) is 0.300. The molecule has 2 heterocycles. The Balaban J connectivity index is 2.05. The van der Waals surface area contributed by atoms with Gasteiger partial charge in [0.1, 0.15) is 11.9 Å². The van der Waals surface area contributed by atoms with Crippen LogP contribution in [0.3, 0.4) is 0 Å². The smallest absolute Gasteiger partial charge is 0.340 e. The van der Waals surface area contributed by atoms with Gasteiger partial charge in [-0.2, -0.15) is 0 Å². The lowest BCUT2D eigenvalue weighted by atomic mass is 10.1. The topological polar surface area (TPSA) is 86.3 Å². The zero-order valence-corrected chi connectivity index (χ0v) is 15.6. The number of hydrogen-bond acceptors (Lipinski definition) is 5. The molecule has 27 heavy (non-hydrogen) atoms. The number of amides is 1. The van der Waals surface area contributed by atoms with Gasteiger partial charge in [0.05, 0.1) is 36.3 Å². The van der Waals surface area contributed by atoms with Gasteiger partial charge in [-0.3, -0.25) is 4.79 Å². The lowest BCUT2D eigenvalue weighted by molar-refractivity contribution is -0.119. The number of esters is 1. The molecule has 1 unspecified atom stereocenters. The molecule has 0 radical (unpaired) electrons. The summed E-state index contributed by atoms with van der Waals surface area (Å²) >= 11 is 0. The van der Waals surface area contributed by atoms with E-state index in [1.807, 2.05) is 59.9 Å². The van der Waals surface area contributed by atoms with E-state index in [1.54, 1.807) is 6.07 Å². The van der Waals surface area contributed by atoms with E-state index in [4.69, 9.17) is 15.2 Å². The molecule has 0 aliphatic carbocycles. The molecular weight excluding hydrogens is 346 g/mol. The first-order valence-electron chi connectivity index (χ1n) is 8.61. The molecule has 0 fully saturated rings. The van der Waals surface area contributed by atoms with Crippen molar-refractivity contribution in [3.63, 3.8) is 0 Å². The molecule has 2 aromatic heterocycles. The number of carbonyl (C=O) groups is 2. The zero-order valence-electron chi connectivity index (χ0n) is 15.6. The quantitative estimate of drug-likeness (QED) is 0.644. The molecule has 0 aliphatic rings. The Hall–Kier alpha value is -3.06. The number of aromatic nitrogens is 1. The highest BCUT2D eigenvalue weighted by Gasteiger charge is 2.20. The van der Waals surface area contributed by atoms with Gasteiger partial charge < -0.3 is 24.5 Å². The molecule has 0 bridgehead atoms. The van der Waals surface area contributed by atoms with Crippen molar-refractivity contribution < 1.29 is 19.1 Å². The third-order valence-electron chi connectivity index (χ3n) is 4.30. The van der Waals surface area contributed by atoms with Crippen LogP contribution in [-0.4, -0.2) is 55.0 Å². The maximum Gasteiger partial charge on any atom is 0.340 e. The minimum absolute atomic E-state index is 0.121. The van der Waals surface area contributed by atoms with Gasteiger partial charge in [0, 0.05) is 11.9 Å². The van der Waals surface area contributed by atoms with Gasteiger partial charge in [-0.1, -0.05) is 18.2 Å². The van der Waals surface area contributed by atoms with E-state index in [9.17, 15) is 9.59 Å². The number of para-hydroxylation sites is 1. The fourth-order valence-electron chi connectivity index (χ4n) is 3.27. The summed E-state index contributed by atoms with van der Waals surface area (Å²) < 4.78 is 12.9. The second-order valence-corrected chi connectivity index (χ2v) is 6.68. The summed E-state index contributed by atoms with van der Waals surface area (Å²) in [4.78, 5) is 25.6. The van der Waals surface area contributed by atoms with Crippen molar-refractivity contribution in [2.24, 2.45) is 5.73 Å². The Kier molecular flexibility index (Phi) is 5.32. The molecule has 7 heteroatoms. The summed E-state index contributed by atoms with van der Waals surface area (Å²) in [7, 11) is 5.18. The van der Waals surface area contributed by atoms with Gasteiger partial charge in [0.2, 0.25) is 5.91 Å². The number of ether oxygens (including phenoxy) is 2. The summed E-state index contributed by atoms with van der Waals surface area (Å²) in [5.74, 6) is -0.211. The van der Waals surface area contributed by atoms with Crippen LogP contribution in [0.5, 0.6) is 5.75 Å². The summed E-state index contributed by atoms with van der Waals surface area (Å²) in [6.45, 7) is 0.556. The Morgan fingerprint density at radius 3 is 2.56 bits per heavy atom. The highest BCUT2D eigenvalue weighted by molar-refractivity contribution is 6.11. The maximum absolute atomic E-state index is 12.3. The number of carbonyl (C=O) groups excluding carboxylic acids is 2. The van der Waals surface area contributed by atoms with Gasteiger partial charge in [-0.15, -0.1) is 0 Å². The number of benzene rings is 1. The van der Waals surface area contributed by atoms with Crippen LogP contribution in [0, 0.1) is 0 Å². The number of likely N-dealkylation sites (N-methyl/N-ethyl adjacent to an activating group) is 1. The first-order chi connectivity index (χ1) is 12.9. The predicted octanol–water partition coefficient (Wildman–Crippen LogP) is 2.06. The van der Waals surface area contributed by atoms with Crippen LogP contribution < -0.4 is 10.5 Å². The molecular formula is C20H23N3O4. The molecule has 1 amide bonds. The number of rotatable bonds is 7. The summed E-state index contributed by atoms with van der Waals surface area (Å²) in [6, 6.07) is 11.2. The van der Waals surface area contributed by atoms with Gasteiger partial charge in [0.25, 0.3) is 0 Å². The Bertz CT molecular complexity index is 993. The van der Waals surface area contributed by atoms with Crippen LogP contribution in [0.2, 0.25) is 0 Å². The van der Waals surface area contributed by atoms with Crippen LogP contribution in [-0.2, 0) is 9.53 Å². The molecule has 2 N–H and O–H groups in total. The molecule has 1 aromatic carbocycles. The molecule has 3 aromatic rings. The van der Waals surface area contributed by atoms with Crippen molar-refractivity contribution in [2.45, 2.75) is 12.5 Å². The minimum atomic E-state index is -0.415. The number of fused-ring (bicyclic) bond motifs is 3. The van der Waals surface area contributed by atoms with Crippen LogP contribution in [0.15, 0.2) is 42.6 Å². The average Bonchev–Trinajstić information content (AvgIpc) is 2.94. The van der Waals surface area contributed by atoms with Crippen molar-refractivity contribution in [1.82, 2.24) is 9.30 Å². The van der Waals surface area contributed by atoms with E-state index < -0.39 is 5.91 Å². The highest BCUT2D eigenvalue weighted by Crippen LogP contribution is 2.29. The summed E-state index contributed by atoms with van der Waals surface area (Å²) in [5, 5.41) is 0.809. The van der Waals surface area contributed by atoms with Crippen LogP contribution in [0.1, 0.15) is 16.8 Å². The molecule has 0 saturated heterocycles. The number of hydrogen-bond donors (Lipinski definition) is 1.